The average molecular weight is 350 g/mol. The van der Waals surface area contributed by atoms with Crippen molar-refractivity contribution in [2.45, 2.75) is 38.8 Å². The molecule has 2 heterocycles. The number of rotatable bonds is 2. The van der Waals surface area contributed by atoms with Gasteiger partial charge in [0.1, 0.15) is 5.75 Å². The molecule has 4 nitrogen and oxygen atoms in total. The molecule has 0 aromatic heterocycles. The zero-order valence-electron chi connectivity index (χ0n) is 15.3. The number of benzene rings is 2. The Morgan fingerprint density at radius 3 is 2.73 bits per heavy atom. The fraction of sp³-hybridized carbons (Fsp3) is 0.409. The van der Waals surface area contributed by atoms with Crippen LogP contribution in [0.5, 0.6) is 5.75 Å². The number of aromatic hydroxyl groups is 1. The van der Waals surface area contributed by atoms with Gasteiger partial charge in [0, 0.05) is 37.8 Å². The second-order valence-corrected chi connectivity index (χ2v) is 7.54. The maximum absolute atomic E-state index is 12.9. The summed E-state index contributed by atoms with van der Waals surface area (Å²) in [6.45, 7) is 5.50. The van der Waals surface area contributed by atoms with E-state index in [1.165, 1.54) is 11.1 Å². The maximum Gasteiger partial charge on any atom is 0.253 e. The molecule has 0 unspecified atom stereocenters. The summed E-state index contributed by atoms with van der Waals surface area (Å²) >= 11 is 0. The van der Waals surface area contributed by atoms with Crippen LogP contribution in [-0.2, 0) is 13.0 Å². The Labute approximate surface area is 155 Å². The normalized spacial score (nSPS) is 20.7. The van der Waals surface area contributed by atoms with Gasteiger partial charge in [-0.25, -0.2) is 0 Å². The zero-order valence-corrected chi connectivity index (χ0v) is 15.3. The van der Waals surface area contributed by atoms with Gasteiger partial charge in [0.15, 0.2) is 0 Å². The van der Waals surface area contributed by atoms with Gasteiger partial charge >= 0.3 is 0 Å². The molecule has 1 N–H and O–H groups in total. The van der Waals surface area contributed by atoms with Gasteiger partial charge < -0.3 is 10.0 Å². The molecule has 2 aliphatic rings. The topological polar surface area (TPSA) is 43.8 Å². The molecule has 136 valence electrons. The molecule has 1 amide bonds. The number of hydrogen-bond acceptors (Lipinski definition) is 3. The first kappa shape index (κ1) is 17.1. The van der Waals surface area contributed by atoms with E-state index in [4.69, 9.17) is 0 Å². The van der Waals surface area contributed by atoms with Crippen LogP contribution in [0.4, 0.5) is 0 Å². The quantitative estimate of drug-likeness (QED) is 0.903. The van der Waals surface area contributed by atoms with E-state index in [0.717, 1.165) is 51.0 Å². The van der Waals surface area contributed by atoms with Crippen molar-refractivity contribution in [3.05, 3.63) is 64.7 Å². The summed E-state index contributed by atoms with van der Waals surface area (Å²) in [5.41, 5.74) is 4.31. The third kappa shape index (κ3) is 3.34. The summed E-state index contributed by atoms with van der Waals surface area (Å²) in [6.07, 6.45) is 3.30. The first-order chi connectivity index (χ1) is 12.6. The van der Waals surface area contributed by atoms with Gasteiger partial charge in [-0.2, -0.15) is 0 Å². The van der Waals surface area contributed by atoms with Crippen molar-refractivity contribution < 1.29 is 9.90 Å². The largest absolute Gasteiger partial charge is 0.508 e. The number of phenolic OH excluding ortho intramolecular Hbond substituents is 1. The number of nitrogens with zero attached hydrogens (tertiary/aromatic N) is 2. The lowest BCUT2D eigenvalue weighted by molar-refractivity contribution is 0.0549. The van der Waals surface area contributed by atoms with Gasteiger partial charge in [-0.05, 0) is 61.1 Å². The van der Waals surface area contributed by atoms with E-state index in [-0.39, 0.29) is 11.7 Å². The van der Waals surface area contributed by atoms with Crippen LogP contribution in [0.1, 0.15) is 39.9 Å². The first-order valence-corrected chi connectivity index (χ1v) is 9.51. The van der Waals surface area contributed by atoms with Crippen molar-refractivity contribution in [1.29, 1.82) is 0 Å². The molecule has 0 aliphatic carbocycles. The molecule has 0 saturated carbocycles. The Morgan fingerprint density at radius 1 is 1.12 bits per heavy atom. The van der Waals surface area contributed by atoms with Gasteiger partial charge in [-0.3, -0.25) is 9.69 Å². The molecular weight excluding hydrogens is 324 g/mol. The molecule has 4 rings (SSSR count). The number of carbonyl (C=O) groups excluding carboxylic acids is 1. The monoisotopic (exact) mass is 350 g/mol. The van der Waals surface area contributed by atoms with Crippen LogP contribution in [0.2, 0.25) is 0 Å². The Balaban J connectivity index is 1.46. The number of piperidine rings is 1. The van der Waals surface area contributed by atoms with Gasteiger partial charge in [-0.1, -0.05) is 24.3 Å². The molecule has 2 aromatic carbocycles. The van der Waals surface area contributed by atoms with Crippen LogP contribution in [-0.4, -0.2) is 46.5 Å². The van der Waals surface area contributed by atoms with Crippen LogP contribution in [0.3, 0.4) is 0 Å². The van der Waals surface area contributed by atoms with Crippen molar-refractivity contribution in [3.63, 3.8) is 0 Å². The molecule has 1 atom stereocenters. The number of likely N-dealkylation sites (tertiary alicyclic amines) is 1. The van der Waals surface area contributed by atoms with Crippen LogP contribution in [0.15, 0.2) is 42.5 Å². The molecule has 26 heavy (non-hydrogen) atoms. The van der Waals surface area contributed by atoms with Crippen molar-refractivity contribution in [3.8, 4) is 5.75 Å². The summed E-state index contributed by atoms with van der Waals surface area (Å²) in [5, 5.41) is 9.70. The predicted molar refractivity (Wildman–Crippen MR) is 102 cm³/mol. The van der Waals surface area contributed by atoms with Gasteiger partial charge in [0.25, 0.3) is 5.91 Å². The highest BCUT2D eigenvalue weighted by Crippen LogP contribution is 2.26. The first-order valence-electron chi connectivity index (χ1n) is 9.51. The number of amides is 1. The van der Waals surface area contributed by atoms with Crippen molar-refractivity contribution >= 4 is 5.91 Å². The number of phenols is 1. The van der Waals surface area contributed by atoms with Crippen molar-refractivity contribution in [2.24, 2.45) is 0 Å². The van der Waals surface area contributed by atoms with Gasteiger partial charge in [0.2, 0.25) is 0 Å². The van der Waals surface area contributed by atoms with Crippen LogP contribution in [0, 0.1) is 6.92 Å². The lowest BCUT2D eigenvalue weighted by Crippen LogP contribution is -2.51. The lowest BCUT2D eigenvalue weighted by atomic mass is 9.95. The van der Waals surface area contributed by atoms with E-state index in [2.05, 4.69) is 29.2 Å². The third-order valence-electron chi connectivity index (χ3n) is 5.80. The molecule has 2 aliphatic heterocycles. The van der Waals surface area contributed by atoms with E-state index in [1.807, 2.05) is 11.8 Å². The van der Waals surface area contributed by atoms with Crippen molar-refractivity contribution in [1.82, 2.24) is 9.80 Å². The average Bonchev–Trinajstić information content (AvgIpc) is 2.69. The molecule has 0 spiro atoms. The summed E-state index contributed by atoms with van der Waals surface area (Å²) < 4.78 is 0. The Kier molecular flexibility index (Phi) is 4.68. The third-order valence-corrected chi connectivity index (χ3v) is 5.80. The van der Waals surface area contributed by atoms with Gasteiger partial charge in [-0.15, -0.1) is 0 Å². The summed E-state index contributed by atoms with van der Waals surface area (Å²) in [7, 11) is 0. The SMILES string of the molecule is Cc1cc(C(=O)N2CCC[C@@H](N3CCc4ccccc4C3)C2)ccc1O. The van der Waals surface area contributed by atoms with Crippen LogP contribution >= 0.6 is 0 Å². The highest BCUT2D eigenvalue weighted by atomic mass is 16.3. The second kappa shape index (κ2) is 7.12. The molecular formula is C22H26N2O2. The summed E-state index contributed by atoms with van der Waals surface area (Å²) in [4.78, 5) is 17.4. The zero-order chi connectivity index (χ0) is 18.1. The Hall–Kier alpha value is -2.33. The standard InChI is InChI=1S/C22H26N2O2/c1-16-13-18(8-9-21(16)25)22(26)24-11-4-7-20(15-24)23-12-10-17-5-2-3-6-19(17)14-23/h2-3,5-6,8-9,13,20,25H,4,7,10-12,14-15H2,1H3/t20-/m1/s1. The molecule has 0 bridgehead atoms. The fourth-order valence-corrected chi connectivity index (χ4v) is 4.24. The highest BCUT2D eigenvalue weighted by molar-refractivity contribution is 5.94. The van der Waals surface area contributed by atoms with E-state index < -0.39 is 0 Å². The van der Waals surface area contributed by atoms with E-state index >= 15 is 0 Å². The van der Waals surface area contributed by atoms with Crippen LogP contribution < -0.4 is 0 Å². The fourth-order valence-electron chi connectivity index (χ4n) is 4.24. The predicted octanol–water partition coefficient (Wildman–Crippen LogP) is 3.36. The molecule has 1 saturated heterocycles. The number of aryl methyl sites for hydroxylation is 1. The Bertz CT molecular complexity index is 818. The minimum absolute atomic E-state index is 0.0789. The summed E-state index contributed by atoms with van der Waals surface area (Å²) in [5.74, 6) is 0.320. The molecule has 0 radical (unpaired) electrons. The maximum atomic E-state index is 12.9. The highest BCUT2D eigenvalue weighted by Gasteiger charge is 2.30. The molecule has 2 aromatic rings. The van der Waals surface area contributed by atoms with E-state index in [1.54, 1.807) is 18.2 Å². The Morgan fingerprint density at radius 2 is 1.92 bits per heavy atom. The van der Waals surface area contributed by atoms with E-state index in [9.17, 15) is 9.90 Å². The number of hydrogen-bond donors (Lipinski definition) is 1. The van der Waals surface area contributed by atoms with Crippen LogP contribution in [0.25, 0.3) is 0 Å². The minimum Gasteiger partial charge on any atom is -0.508 e. The summed E-state index contributed by atoms with van der Waals surface area (Å²) in [6, 6.07) is 14.3. The molecule has 4 heteroatoms. The van der Waals surface area contributed by atoms with Crippen molar-refractivity contribution in [2.75, 3.05) is 19.6 Å². The van der Waals surface area contributed by atoms with E-state index in [0.29, 0.717) is 11.6 Å². The van der Waals surface area contributed by atoms with Gasteiger partial charge in [0.05, 0.1) is 0 Å². The minimum atomic E-state index is 0.0789. The number of carbonyl (C=O) groups is 1. The lowest BCUT2D eigenvalue weighted by Gasteiger charge is -2.41. The number of fused-ring (bicyclic) bond motifs is 1. The smallest absolute Gasteiger partial charge is 0.253 e. The second-order valence-electron chi connectivity index (χ2n) is 7.54. The molecule has 1 fully saturated rings.